The fourth-order valence-corrected chi connectivity index (χ4v) is 4.34. The molecule has 1 amide bonds. The minimum atomic E-state index is 0.195. The van der Waals surface area contributed by atoms with Crippen molar-refractivity contribution in [3.8, 4) is 0 Å². The highest BCUT2D eigenvalue weighted by Crippen LogP contribution is 2.31. The number of nitrogens with zero attached hydrogens (tertiary/aromatic N) is 1. The Kier molecular flexibility index (Phi) is 5.27. The molecule has 0 radical (unpaired) electrons. The van der Waals surface area contributed by atoms with E-state index in [4.69, 9.17) is 0 Å². The third-order valence-electron chi connectivity index (χ3n) is 3.42. The third kappa shape index (κ3) is 3.17. The van der Waals surface area contributed by atoms with Crippen molar-refractivity contribution in [2.24, 2.45) is 0 Å². The molecule has 0 N–H and O–H groups in total. The number of aryl methyl sites for hydroxylation is 1. The molecule has 1 aromatic rings. The van der Waals surface area contributed by atoms with Gasteiger partial charge in [-0.25, -0.2) is 0 Å². The summed E-state index contributed by atoms with van der Waals surface area (Å²) >= 11 is 8.50. The zero-order valence-corrected chi connectivity index (χ0v) is 14.4. The maximum atomic E-state index is 12.6. The van der Waals surface area contributed by atoms with Crippen LogP contribution in [0.1, 0.15) is 40.9 Å². The van der Waals surface area contributed by atoms with Gasteiger partial charge in [-0.1, -0.05) is 28.8 Å². The first kappa shape index (κ1) is 14.5. The molecule has 2 nitrogen and oxygen atoms in total. The van der Waals surface area contributed by atoms with Gasteiger partial charge in [0.05, 0.1) is 8.66 Å². The number of rotatable bonds is 4. The molecular formula is C13H17Br2NOS. The van der Waals surface area contributed by atoms with E-state index in [1.807, 2.05) is 13.0 Å². The van der Waals surface area contributed by atoms with E-state index in [0.717, 1.165) is 38.9 Å². The summed E-state index contributed by atoms with van der Waals surface area (Å²) < 4.78 is 1.07. The lowest BCUT2D eigenvalue weighted by Gasteiger charge is -2.27. The maximum Gasteiger partial charge on any atom is 0.264 e. The number of carbonyl (C=O) groups excluding carboxylic acids is 1. The van der Waals surface area contributed by atoms with Crippen LogP contribution in [0.4, 0.5) is 0 Å². The van der Waals surface area contributed by atoms with Crippen LogP contribution < -0.4 is 0 Å². The van der Waals surface area contributed by atoms with E-state index in [-0.39, 0.29) is 5.91 Å². The van der Waals surface area contributed by atoms with Gasteiger partial charge in [-0.05, 0) is 47.3 Å². The van der Waals surface area contributed by atoms with Gasteiger partial charge in [-0.15, -0.1) is 11.3 Å². The number of carbonyl (C=O) groups is 1. The van der Waals surface area contributed by atoms with Crippen molar-refractivity contribution in [3.63, 3.8) is 0 Å². The standard InChI is InChI=1S/C13H17Br2NOS/c1-9-8-11(18-12(9)15)13(17)16(7-6-14)10-4-2-3-5-10/h8,10H,2-7H2,1H3. The van der Waals surface area contributed by atoms with E-state index in [2.05, 4.69) is 36.8 Å². The van der Waals surface area contributed by atoms with Crippen molar-refractivity contribution in [1.29, 1.82) is 0 Å². The van der Waals surface area contributed by atoms with Gasteiger partial charge in [0.15, 0.2) is 0 Å². The van der Waals surface area contributed by atoms with Crippen LogP contribution in [0, 0.1) is 6.92 Å². The lowest BCUT2D eigenvalue weighted by atomic mass is 10.2. The van der Waals surface area contributed by atoms with Gasteiger partial charge in [0.25, 0.3) is 5.91 Å². The summed E-state index contributed by atoms with van der Waals surface area (Å²) in [6.07, 6.45) is 4.82. The van der Waals surface area contributed by atoms with Gasteiger partial charge < -0.3 is 4.90 Å². The molecule has 18 heavy (non-hydrogen) atoms. The number of hydrogen-bond donors (Lipinski definition) is 0. The van der Waals surface area contributed by atoms with Gasteiger partial charge in [0, 0.05) is 17.9 Å². The van der Waals surface area contributed by atoms with E-state index in [0.29, 0.717) is 6.04 Å². The van der Waals surface area contributed by atoms with E-state index < -0.39 is 0 Å². The molecule has 2 rings (SSSR count). The van der Waals surface area contributed by atoms with Crippen molar-refractivity contribution >= 4 is 49.1 Å². The molecule has 1 aliphatic rings. The first-order valence-corrected chi connectivity index (χ1v) is 8.99. The first-order valence-electron chi connectivity index (χ1n) is 6.26. The van der Waals surface area contributed by atoms with Crippen LogP contribution in [-0.2, 0) is 0 Å². The molecule has 0 atom stereocenters. The van der Waals surface area contributed by atoms with E-state index >= 15 is 0 Å². The van der Waals surface area contributed by atoms with Crippen LogP contribution in [-0.4, -0.2) is 28.7 Å². The van der Waals surface area contributed by atoms with Gasteiger partial charge in [0.2, 0.25) is 0 Å². The highest BCUT2D eigenvalue weighted by Gasteiger charge is 2.27. The summed E-state index contributed by atoms with van der Waals surface area (Å²) in [4.78, 5) is 15.5. The summed E-state index contributed by atoms with van der Waals surface area (Å²) in [6, 6.07) is 2.43. The first-order chi connectivity index (χ1) is 8.63. The van der Waals surface area contributed by atoms with Crippen LogP contribution in [0.2, 0.25) is 0 Å². The summed E-state index contributed by atoms with van der Waals surface area (Å²) in [5.41, 5.74) is 1.15. The number of thiophene rings is 1. The molecule has 1 aromatic heterocycles. The summed E-state index contributed by atoms with van der Waals surface area (Å²) in [5.74, 6) is 0.195. The average Bonchev–Trinajstić information content (AvgIpc) is 2.97. The second-order valence-electron chi connectivity index (χ2n) is 4.69. The molecule has 0 saturated heterocycles. The highest BCUT2D eigenvalue weighted by atomic mass is 79.9. The van der Waals surface area contributed by atoms with Crippen molar-refractivity contribution in [2.75, 3.05) is 11.9 Å². The van der Waals surface area contributed by atoms with Crippen LogP contribution in [0.5, 0.6) is 0 Å². The minimum Gasteiger partial charge on any atom is -0.334 e. The quantitative estimate of drug-likeness (QED) is 0.683. The Morgan fingerprint density at radius 3 is 2.67 bits per heavy atom. The van der Waals surface area contributed by atoms with Crippen molar-refractivity contribution in [2.45, 2.75) is 38.6 Å². The Balaban J connectivity index is 2.16. The molecule has 1 saturated carbocycles. The Bertz CT molecular complexity index is 407. The number of alkyl halides is 1. The monoisotopic (exact) mass is 393 g/mol. The zero-order chi connectivity index (χ0) is 13.1. The fourth-order valence-electron chi connectivity index (χ4n) is 2.46. The fraction of sp³-hybridized carbons (Fsp3) is 0.615. The largest absolute Gasteiger partial charge is 0.334 e. The Labute approximate surface area is 129 Å². The zero-order valence-electron chi connectivity index (χ0n) is 10.4. The SMILES string of the molecule is Cc1cc(C(=O)N(CCBr)C2CCCC2)sc1Br. The van der Waals surface area contributed by atoms with E-state index in [1.54, 1.807) is 11.3 Å². The van der Waals surface area contributed by atoms with Crippen LogP contribution in [0.15, 0.2) is 9.85 Å². The van der Waals surface area contributed by atoms with Gasteiger partial charge >= 0.3 is 0 Å². The van der Waals surface area contributed by atoms with Crippen LogP contribution in [0.3, 0.4) is 0 Å². The molecule has 0 aromatic carbocycles. The van der Waals surface area contributed by atoms with Crippen LogP contribution >= 0.6 is 43.2 Å². The number of hydrogen-bond acceptors (Lipinski definition) is 2. The summed E-state index contributed by atoms with van der Waals surface area (Å²) in [5, 5.41) is 0.848. The molecule has 0 bridgehead atoms. The average molecular weight is 395 g/mol. The van der Waals surface area contributed by atoms with E-state index in [1.165, 1.54) is 12.8 Å². The van der Waals surface area contributed by atoms with Crippen molar-refractivity contribution in [3.05, 3.63) is 20.3 Å². The predicted octanol–water partition coefficient (Wildman–Crippen LogP) is 4.60. The lowest BCUT2D eigenvalue weighted by Crippen LogP contribution is -2.39. The van der Waals surface area contributed by atoms with Gasteiger partial charge in [-0.3, -0.25) is 4.79 Å². The predicted molar refractivity (Wildman–Crippen MR) is 83.8 cm³/mol. The molecule has 1 aliphatic carbocycles. The summed E-state index contributed by atoms with van der Waals surface area (Å²) in [7, 11) is 0. The highest BCUT2D eigenvalue weighted by molar-refractivity contribution is 9.11. The Hall–Kier alpha value is 0.130. The molecule has 1 fully saturated rings. The topological polar surface area (TPSA) is 20.3 Å². The molecule has 5 heteroatoms. The molecule has 1 heterocycles. The number of halogens is 2. The second kappa shape index (κ2) is 6.53. The van der Waals surface area contributed by atoms with Gasteiger partial charge in [-0.2, -0.15) is 0 Å². The minimum absolute atomic E-state index is 0.195. The Morgan fingerprint density at radius 1 is 1.50 bits per heavy atom. The van der Waals surface area contributed by atoms with Crippen LogP contribution in [0.25, 0.3) is 0 Å². The smallest absolute Gasteiger partial charge is 0.264 e. The maximum absolute atomic E-state index is 12.6. The number of amides is 1. The normalized spacial score (nSPS) is 16.2. The Morgan fingerprint density at radius 2 is 2.17 bits per heavy atom. The van der Waals surface area contributed by atoms with Crippen molar-refractivity contribution < 1.29 is 4.79 Å². The second-order valence-corrected chi connectivity index (χ2v) is 7.86. The molecule has 0 aliphatic heterocycles. The van der Waals surface area contributed by atoms with E-state index in [9.17, 15) is 4.79 Å². The molecule has 0 unspecified atom stereocenters. The molecular weight excluding hydrogens is 378 g/mol. The van der Waals surface area contributed by atoms with Gasteiger partial charge in [0.1, 0.15) is 0 Å². The molecule has 100 valence electrons. The lowest BCUT2D eigenvalue weighted by molar-refractivity contribution is 0.0701. The third-order valence-corrected chi connectivity index (χ3v) is 5.90. The summed E-state index contributed by atoms with van der Waals surface area (Å²) in [6.45, 7) is 2.83. The molecule has 0 spiro atoms. The van der Waals surface area contributed by atoms with Crippen molar-refractivity contribution in [1.82, 2.24) is 4.90 Å².